The number of hydrogen-bond acceptors (Lipinski definition) is 4. The lowest BCUT2D eigenvalue weighted by molar-refractivity contribution is 0.0994. The van der Waals surface area contributed by atoms with Crippen LogP contribution in [0.5, 0.6) is 5.88 Å². The van der Waals surface area contributed by atoms with Gasteiger partial charge in [-0.3, -0.25) is 9.48 Å². The van der Waals surface area contributed by atoms with Crippen molar-refractivity contribution in [2.45, 2.75) is 25.6 Å². The molecule has 3 heterocycles. The van der Waals surface area contributed by atoms with Gasteiger partial charge in [-0.2, -0.15) is 10.2 Å². The van der Waals surface area contributed by atoms with E-state index in [4.69, 9.17) is 10.5 Å². The van der Waals surface area contributed by atoms with Crippen LogP contribution in [0.1, 0.15) is 16.9 Å². The molecule has 3 rings (SSSR count). The van der Waals surface area contributed by atoms with Gasteiger partial charge in [-0.25, -0.2) is 4.68 Å². The molecule has 7 nitrogen and oxygen atoms in total. The fourth-order valence-electron chi connectivity index (χ4n) is 2.01. The van der Waals surface area contributed by atoms with Crippen LogP contribution < -0.4 is 10.5 Å². The van der Waals surface area contributed by atoms with Gasteiger partial charge in [-0.05, 0) is 6.07 Å². The van der Waals surface area contributed by atoms with Gasteiger partial charge in [0, 0.05) is 31.4 Å². The Balaban J connectivity index is 1.60. The van der Waals surface area contributed by atoms with Crippen molar-refractivity contribution in [2.75, 3.05) is 0 Å². The summed E-state index contributed by atoms with van der Waals surface area (Å²) >= 11 is 0. The van der Waals surface area contributed by atoms with Gasteiger partial charge in [0.2, 0.25) is 5.88 Å². The van der Waals surface area contributed by atoms with Crippen LogP contribution in [0.2, 0.25) is 0 Å². The monoisotopic (exact) mass is 247 g/mol. The summed E-state index contributed by atoms with van der Waals surface area (Å²) in [6.45, 7) is 1.44. The average molecular weight is 247 g/mol. The third kappa shape index (κ3) is 1.94. The Kier molecular flexibility index (Phi) is 2.51. The first-order valence-electron chi connectivity index (χ1n) is 5.74. The molecule has 2 aromatic heterocycles. The summed E-state index contributed by atoms with van der Waals surface area (Å²) in [6.07, 6.45) is 4.58. The largest absolute Gasteiger partial charge is 0.472 e. The maximum atomic E-state index is 10.9. The van der Waals surface area contributed by atoms with Crippen molar-refractivity contribution < 1.29 is 9.53 Å². The van der Waals surface area contributed by atoms with Gasteiger partial charge >= 0.3 is 0 Å². The van der Waals surface area contributed by atoms with Crippen molar-refractivity contribution in [3.8, 4) is 5.88 Å². The number of aromatic nitrogens is 4. The number of ether oxygens (including phenoxy) is 1. The molecule has 94 valence electrons. The molecule has 0 saturated heterocycles. The number of hydrogen-bond donors (Lipinski definition) is 1. The molecule has 0 aromatic carbocycles. The summed E-state index contributed by atoms with van der Waals surface area (Å²) in [5, 5.41) is 8.21. The zero-order valence-corrected chi connectivity index (χ0v) is 9.69. The molecule has 2 N–H and O–H groups in total. The molecule has 7 heteroatoms. The zero-order chi connectivity index (χ0) is 12.5. The summed E-state index contributed by atoms with van der Waals surface area (Å²) < 4.78 is 9.22. The minimum atomic E-state index is -0.534. The van der Waals surface area contributed by atoms with E-state index in [1.807, 2.05) is 16.9 Å². The molecule has 0 bridgehead atoms. The molecule has 0 fully saturated rings. The highest BCUT2D eigenvalue weighted by molar-refractivity contribution is 5.91. The van der Waals surface area contributed by atoms with Gasteiger partial charge in [0.1, 0.15) is 6.10 Å². The second-order valence-electron chi connectivity index (χ2n) is 4.21. The SMILES string of the molecule is NC(=O)c1cc2n(n1)CC(CCn1cccn1)O2. The van der Waals surface area contributed by atoms with E-state index in [1.165, 1.54) is 0 Å². The Bertz CT molecular complexity index is 537. The van der Waals surface area contributed by atoms with E-state index in [9.17, 15) is 4.79 Å². The van der Waals surface area contributed by atoms with E-state index in [-0.39, 0.29) is 11.8 Å². The Morgan fingerprint density at radius 3 is 3.17 bits per heavy atom. The average Bonchev–Trinajstić information content (AvgIpc) is 3.01. The van der Waals surface area contributed by atoms with Crippen LogP contribution in [0.3, 0.4) is 0 Å². The molecule has 1 atom stereocenters. The quantitative estimate of drug-likeness (QED) is 0.825. The molecule has 1 aliphatic rings. The van der Waals surface area contributed by atoms with Crippen LogP contribution in [0.4, 0.5) is 0 Å². The first-order valence-corrected chi connectivity index (χ1v) is 5.74. The smallest absolute Gasteiger partial charge is 0.269 e. The predicted octanol–water partition coefficient (Wildman–Crippen LogP) is 0.0298. The second-order valence-corrected chi connectivity index (χ2v) is 4.21. The Labute approximate surface area is 103 Å². The molecule has 0 radical (unpaired) electrons. The third-order valence-corrected chi connectivity index (χ3v) is 2.90. The van der Waals surface area contributed by atoms with E-state index in [1.54, 1.807) is 16.9 Å². The lowest BCUT2D eigenvalue weighted by Gasteiger charge is -2.09. The van der Waals surface area contributed by atoms with Crippen LogP contribution in [-0.2, 0) is 13.1 Å². The lowest BCUT2D eigenvalue weighted by Crippen LogP contribution is -2.19. The fourth-order valence-corrected chi connectivity index (χ4v) is 2.01. The normalized spacial score (nSPS) is 17.4. The molecular weight excluding hydrogens is 234 g/mol. The predicted molar refractivity (Wildman–Crippen MR) is 62.0 cm³/mol. The summed E-state index contributed by atoms with van der Waals surface area (Å²) in [5.41, 5.74) is 5.40. The number of carbonyl (C=O) groups excluding carboxylic acids is 1. The van der Waals surface area contributed by atoms with Crippen molar-refractivity contribution in [3.05, 3.63) is 30.2 Å². The van der Waals surface area contributed by atoms with E-state index in [0.29, 0.717) is 12.4 Å². The van der Waals surface area contributed by atoms with Crippen LogP contribution in [0.15, 0.2) is 24.5 Å². The number of nitrogens with zero attached hydrogens (tertiary/aromatic N) is 4. The molecule has 1 aliphatic heterocycles. The van der Waals surface area contributed by atoms with E-state index >= 15 is 0 Å². The Hall–Kier alpha value is -2.31. The molecule has 0 saturated carbocycles. The Morgan fingerprint density at radius 1 is 1.61 bits per heavy atom. The minimum Gasteiger partial charge on any atom is -0.472 e. The highest BCUT2D eigenvalue weighted by Crippen LogP contribution is 2.24. The third-order valence-electron chi connectivity index (χ3n) is 2.90. The number of nitrogens with two attached hydrogens (primary N) is 1. The van der Waals surface area contributed by atoms with Crippen LogP contribution >= 0.6 is 0 Å². The van der Waals surface area contributed by atoms with Crippen molar-refractivity contribution in [1.29, 1.82) is 0 Å². The molecule has 1 unspecified atom stereocenters. The summed E-state index contributed by atoms with van der Waals surface area (Å²) in [7, 11) is 0. The number of fused-ring (bicyclic) bond motifs is 1. The number of amides is 1. The van der Waals surface area contributed by atoms with Gasteiger partial charge in [0.05, 0.1) is 6.54 Å². The molecule has 2 aromatic rings. The number of carbonyl (C=O) groups is 1. The number of aryl methyl sites for hydroxylation is 1. The van der Waals surface area contributed by atoms with E-state index < -0.39 is 5.91 Å². The first kappa shape index (κ1) is 10.8. The van der Waals surface area contributed by atoms with Crippen molar-refractivity contribution in [2.24, 2.45) is 5.73 Å². The lowest BCUT2D eigenvalue weighted by atomic mass is 10.2. The summed E-state index contributed by atoms with van der Waals surface area (Å²) in [4.78, 5) is 10.9. The standard InChI is InChI=1S/C11H13N5O2/c12-11(17)9-6-10-16(14-9)7-8(18-10)2-5-15-4-1-3-13-15/h1,3-4,6,8H,2,5,7H2,(H2,12,17). The van der Waals surface area contributed by atoms with Gasteiger partial charge in [0.15, 0.2) is 5.69 Å². The summed E-state index contributed by atoms with van der Waals surface area (Å²) in [5.74, 6) is 0.0721. The molecule has 18 heavy (non-hydrogen) atoms. The number of primary amides is 1. The van der Waals surface area contributed by atoms with Crippen LogP contribution in [0.25, 0.3) is 0 Å². The molecular formula is C11H13N5O2. The maximum absolute atomic E-state index is 10.9. The maximum Gasteiger partial charge on any atom is 0.269 e. The minimum absolute atomic E-state index is 0.0682. The van der Waals surface area contributed by atoms with Gasteiger partial charge < -0.3 is 10.5 Å². The van der Waals surface area contributed by atoms with E-state index in [0.717, 1.165) is 13.0 Å². The van der Waals surface area contributed by atoms with Gasteiger partial charge in [0.25, 0.3) is 5.91 Å². The highest BCUT2D eigenvalue weighted by atomic mass is 16.5. The number of rotatable bonds is 4. The zero-order valence-electron chi connectivity index (χ0n) is 9.69. The Morgan fingerprint density at radius 2 is 2.50 bits per heavy atom. The van der Waals surface area contributed by atoms with Crippen LogP contribution in [0, 0.1) is 0 Å². The van der Waals surface area contributed by atoms with Crippen molar-refractivity contribution in [1.82, 2.24) is 19.6 Å². The molecule has 0 spiro atoms. The first-order chi connectivity index (χ1) is 8.72. The van der Waals surface area contributed by atoms with Crippen LogP contribution in [-0.4, -0.2) is 31.6 Å². The van der Waals surface area contributed by atoms with E-state index in [2.05, 4.69) is 10.2 Å². The van der Waals surface area contributed by atoms with Crippen molar-refractivity contribution in [3.63, 3.8) is 0 Å². The highest BCUT2D eigenvalue weighted by Gasteiger charge is 2.25. The van der Waals surface area contributed by atoms with Gasteiger partial charge in [-0.15, -0.1) is 0 Å². The van der Waals surface area contributed by atoms with Gasteiger partial charge in [-0.1, -0.05) is 0 Å². The second kappa shape index (κ2) is 4.17. The fraction of sp³-hybridized carbons (Fsp3) is 0.364. The summed E-state index contributed by atoms with van der Waals surface area (Å²) in [6, 6.07) is 3.47. The molecule has 1 amide bonds. The topological polar surface area (TPSA) is 88.0 Å². The molecule has 0 aliphatic carbocycles. The van der Waals surface area contributed by atoms with Crippen molar-refractivity contribution >= 4 is 5.91 Å².